The largest absolute Gasteiger partial charge is 0.425 e. The molecule has 1 aromatic heterocycles. The number of likely N-dealkylation sites (N-methyl/N-ethyl adjacent to an activating group) is 1. The Balaban J connectivity index is 0.00000128. The first kappa shape index (κ1) is 16.6. The number of halogens is 2. The van der Waals surface area contributed by atoms with E-state index in [4.69, 9.17) is 10.2 Å². The molecule has 0 bridgehead atoms. The summed E-state index contributed by atoms with van der Waals surface area (Å²) in [4.78, 5) is 2.29. The molecule has 1 unspecified atom stereocenters. The van der Waals surface area contributed by atoms with E-state index in [0.717, 1.165) is 44.1 Å². The highest BCUT2D eigenvalue weighted by Crippen LogP contribution is 2.24. The van der Waals surface area contributed by atoms with Gasteiger partial charge in [-0.25, -0.2) is 0 Å². The Morgan fingerprint density at radius 2 is 2.18 bits per heavy atom. The number of rotatable bonds is 4. The number of aryl methyl sites for hydroxylation is 1. The molecule has 2 heterocycles. The lowest BCUT2D eigenvalue weighted by Gasteiger charge is -2.05. The number of hydrogen-bond acceptors (Lipinski definition) is 5. The Kier molecular flexibility index (Phi) is 7.70. The maximum atomic E-state index is 5.61. The molecule has 1 saturated heterocycles. The van der Waals surface area contributed by atoms with Crippen LogP contribution in [0.25, 0.3) is 0 Å². The van der Waals surface area contributed by atoms with Crippen LogP contribution in [0.3, 0.4) is 0 Å². The average molecular weight is 283 g/mol. The fourth-order valence-electron chi connectivity index (χ4n) is 1.92. The number of aromatic nitrogens is 2. The maximum absolute atomic E-state index is 5.61. The zero-order valence-electron chi connectivity index (χ0n) is 9.96. The van der Waals surface area contributed by atoms with Gasteiger partial charge in [0.05, 0.1) is 5.92 Å². The van der Waals surface area contributed by atoms with Crippen LogP contribution in [-0.4, -0.2) is 41.8 Å². The summed E-state index contributed by atoms with van der Waals surface area (Å²) in [5, 5.41) is 8.13. The number of nitrogens with two attached hydrogens (primary N) is 1. The molecular weight excluding hydrogens is 263 g/mol. The molecule has 0 spiro atoms. The summed E-state index contributed by atoms with van der Waals surface area (Å²) in [6.45, 7) is 2.81. The summed E-state index contributed by atoms with van der Waals surface area (Å²) >= 11 is 0. The second-order valence-corrected chi connectivity index (χ2v) is 4.17. The van der Waals surface area contributed by atoms with Crippen molar-refractivity contribution in [3.63, 3.8) is 0 Å². The van der Waals surface area contributed by atoms with E-state index in [9.17, 15) is 0 Å². The van der Waals surface area contributed by atoms with Gasteiger partial charge in [-0.1, -0.05) is 0 Å². The molecule has 100 valence electrons. The first-order valence-corrected chi connectivity index (χ1v) is 5.50. The van der Waals surface area contributed by atoms with E-state index in [-0.39, 0.29) is 24.8 Å². The van der Waals surface area contributed by atoms with Crippen LogP contribution in [0.15, 0.2) is 4.42 Å². The van der Waals surface area contributed by atoms with Crippen molar-refractivity contribution < 1.29 is 4.42 Å². The Labute approximate surface area is 114 Å². The third-order valence-corrected chi connectivity index (χ3v) is 2.82. The molecular formula is C10H20Cl2N4O. The van der Waals surface area contributed by atoms with Gasteiger partial charge in [-0.15, -0.1) is 35.0 Å². The minimum Gasteiger partial charge on any atom is -0.425 e. The van der Waals surface area contributed by atoms with Gasteiger partial charge >= 0.3 is 0 Å². The van der Waals surface area contributed by atoms with E-state index >= 15 is 0 Å². The van der Waals surface area contributed by atoms with Crippen molar-refractivity contribution in [2.45, 2.75) is 25.2 Å². The van der Waals surface area contributed by atoms with Crippen LogP contribution >= 0.6 is 24.8 Å². The van der Waals surface area contributed by atoms with E-state index in [2.05, 4.69) is 22.1 Å². The summed E-state index contributed by atoms with van der Waals surface area (Å²) in [6, 6.07) is 0. The molecule has 1 fully saturated rings. The van der Waals surface area contributed by atoms with Crippen molar-refractivity contribution in [2.75, 3.05) is 26.7 Å². The molecule has 0 saturated carbocycles. The van der Waals surface area contributed by atoms with Crippen LogP contribution in [0.5, 0.6) is 0 Å². The summed E-state index contributed by atoms with van der Waals surface area (Å²) in [7, 11) is 2.12. The molecule has 17 heavy (non-hydrogen) atoms. The smallest absolute Gasteiger partial charge is 0.220 e. The van der Waals surface area contributed by atoms with Crippen LogP contribution in [0.4, 0.5) is 0 Å². The lowest BCUT2D eigenvalue weighted by molar-refractivity contribution is 0.382. The van der Waals surface area contributed by atoms with Crippen molar-refractivity contribution in [1.82, 2.24) is 15.1 Å². The molecule has 7 heteroatoms. The minimum absolute atomic E-state index is 0. The normalized spacial score (nSPS) is 19.8. The van der Waals surface area contributed by atoms with Gasteiger partial charge in [0.2, 0.25) is 11.8 Å². The number of nitrogens with zero attached hydrogens (tertiary/aromatic N) is 3. The van der Waals surface area contributed by atoms with Gasteiger partial charge in [0, 0.05) is 13.0 Å². The molecule has 1 aliphatic heterocycles. The molecule has 1 aromatic rings. The van der Waals surface area contributed by atoms with E-state index in [0.29, 0.717) is 12.5 Å². The van der Waals surface area contributed by atoms with Gasteiger partial charge in [-0.3, -0.25) is 0 Å². The summed E-state index contributed by atoms with van der Waals surface area (Å²) in [5.74, 6) is 1.95. The highest BCUT2D eigenvalue weighted by atomic mass is 35.5. The van der Waals surface area contributed by atoms with Gasteiger partial charge in [0.1, 0.15) is 0 Å². The Morgan fingerprint density at radius 3 is 2.76 bits per heavy atom. The van der Waals surface area contributed by atoms with Crippen molar-refractivity contribution in [3.05, 3.63) is 11.8 Å². The molecule has 2 rings (SSSR count). The third kappa shape index (κ3) is 4.43. The SMILES string of the molecule is CN1CCC(c2nnc(CCCN)o2)C1.Cl.Cl. The Bertz CT molecular complexity index is 321. The van der Waals surface area contributed by atoms with E-state index < -0.39 is 0 Å². The van der Waals surface area contributed by atoms with Crippen molar-refractivity contribution in [2.24, 2.45) is 5.73 Å². The predicted molar refractivity (Wildman–Crippen MR) is 71.0 cm³/mol. The zero-order valence-corrected chi connectivity index (χ0v) is 11.6. The molecule has 5 nitrogen and oxygen atoms in total. The lowest BCUT2D eigenvalue weighted by atomic mass is 10.1. The lowest BCUT2D eigenvalue weighted by Crippen LogP contribution is -2.13. The Hall–Kier alpha value is -0.360. The van der Waals surface area contributed by atoms with Gasteiger partial charge in [-0.2, -0.15) is 0 Å². The standard InChI is InChI=1S/C10H18N4O.2ClH/c1-14-6-4-8(7-14)10-13-12-9(15-10)3-2-5-11;;/h8H,2-7,11H2,1H3;2*1H. The zero-order chi connectivity index (χ0) is 10.7. The fraction of sp³-hybridized carbons (Fsp3) is 0.800. The monoisotopic (exact) mass is 282 g/mol. The molecule has 0 aliphatic carbocycles. The third-order valence-electron chi connectivity index (χ3n) is 2.82. The van der Waals surface area contributed by atoms with Crippen LogP contribution in [0, 0.1) is 0 Å². The molecule has 0 aromatic carbocycles. The topological polar surface area (TPSA) is 68.2 Å². The predicted octanol–water partition coefficient (Wildman–Crippen LogP) is 1.22. The van der Waals surface area contributed by atoms with Crippen molar-refractivity contribution in [3.8, 4) is 0 Å². The summed E-state index contributed by atoms with van der Waals surface area (Å²) < 4.78 is 5.61. The van der Waals surface area contributed by atoms with Gasteiger partial charge < -0.3 is 15.1 Å². The maximum Gasteiger partial charge on any atom is 0.220 e. The van der Waals surface area contributed by atoms with Crippen LogP contribution in [0.1, 0.15) is 30.5 Å². The van der Waals surface area contributed by atoms with E-state index in [1.165, 1.54) is 0 Å². The number of likely N-dealkylation sites (tertiary alicyclic amines) is 1. The average Bonchev–Trinajstić information content (AvgIpc) is 2.83. The molecule has 2 N–H and O–H groups in total. The van der Waals surface area contributed by atoms with E-state index in [1.807, 2.05) is 0 Å². The first-order valence-electron chi connectivity index (χ1n) is 5.50. The van der Waals surface area contributed by atoms with Crippen LogP contribution < -0.4 is 5.73 Å². The van der Waals surface area contributed by atoms with Gasteiger partial charge in [0.25, 0.3) is 0 Å². The number of hydrogen-bond donors (Lipinski definition) is 1. The quantitative estimate of drug-likeness (QED) is 0.900. The van der Waals surface area contributed by atoms with Crippen molar-refractivity contribution in [1.29, 1.82) is 0 Å². The summed E-state index contributed by atoms with van der Waals surface area (Å²) in [6.07, 6.45) is 2.83. The molecule has 1 aliphatic rings. The summed E-state index contributed by atoms with van der Waals surface area (Å²) in [5.41, 5.74) is 5.43. The highest BCUT2D eigenvalue weighted by Gasteiger charge is 2.25. The molecule has 0 radical (unpaired) electrons. The fourth-order valence-corrected chi connectivity index (χ4v) is 1.92. The second-order valence-electron chi connectivity index (χ2n) is 4.17. The van der Waals surface area contributed by atoms with Crippen LogP contribution in [0.2, 0.25) is 0 Å². The second kappa shape index (κ2) is 7.87. The van der Waals surface area contributed by atoms with E-state index in [1.54, 1.807) is 0 Å². The van der Waals surface area contributed by atoms with Crippen molar-refractivity contribution >= 4 is 24.8 Å². The minimum atomic E-state index is 0. The molecule has 1 atom stereocenters. The first-order chi connectivity index (χ1) is 7.29. The highest BCUT2D eigenvalue weighted by molar-refractivity contribution is 5.85. The van der Waals surface area contributed by atoms with Gasteiger partial charge in [-0.05, 0) is 33.0 Å². The van der Waals surface area contributed by atoms with Crippen LogP contribution in [-0.2, 0) is 6.42 Å². The Morgan fingerprint density at radius 1 is 1.41 bits per heavy atom. The van der Waals surface area contributed by atoms with Gasteiger partial charge in [0.15, 0.2) is 0 Å². The molecule has 0 amide bonds.